The average molecular weight is 247 g/mol. The van der Waals surface area contributed by atoms with Crippen LogP contribution in [0.2, 0.25) is 0 Å². The summed E-state index contributed by atoms with van der Waals surface area (Å²) in [4.78, 5) is 21.4. The fourth-order valence-electron chi connectivity index (χ4n) is 1.99. The zero-order valence-corrected chi connectivity index (χ0v) is 9.70. The second-order valence-electron chi connectivity index (χ2n) is 3.65. The van der Waals surface area contributed by atoms with Crippen molar-refractivity contribution in [2.24, 2.45) is 10.3 Å². The lowest BCUT2D eigenvalue weighted by molar-refractivity contribution is -0.146. The van der Waals surface area contributed by atoms with E-state index in [4.69, 9.17) is 0 Å². The molecule has 2 unspecified atom stereocenters. The van der Waals surface area contributed by atoms with E-state index in [1.807, 2.05) is 0 Å². The average Bonchev–Trinajstić information content (AvgIpc) is 2.28. The molecule has 2 atom stereocenters. The van der Waals surface area contributed by atoms with Gasteiger partial charge < -0.3 is 4.74 Å². The van der Waals surface area contributed by atoms with Gasteiger partial charge >= 0.3 is 5.97 Å². The van der Waals surface area contributed by atoms with Crippen molar-refractivity contribution in [1.29, 1.82) is 0 Å². The van der Waals surface area contributed by atoms with Crippen LogP contribution in [0.4, 0.5) is 0 Å². The Balaban J connectivity index is 2.99. The van der Waals surface area contributed by atoms with Crippen LogP contribution in [0.25, 0.3) is 0 Å². The molecule has 16 heavy (non-hydrogen) atoms. The first kappa shape index (κ1) is 12.9. The van der Waals surface area contributed by atoms with E-state index < -0.39 is 27.2 Å². The van der Waals surface area contributed by atoms with Gasteiger partial charge in [0.1, 0.15) is 0 Å². The molecule has 0 aromatic heterocycles. The monoisotopic (exact) mass is 247 g/mol. The molecule has 0 N–H and O–H groups in total. The lowest BCUT2D eigenvalue weighted by Crippen LogP contribution is -2.37. The fourth-order valence-corrected chi connectivity index (χ4v) is 3.36. The van der Waals surface area contributed by atoms with E-state index in [2.05, 4.69) is 9.13 Å². The summed E-state index contributed by atoms with van der Waals surface area (Å²) in [5.41, 5.74) is 0. The Hall–Kier alpha value is -1.20. The number of esters is 1. The smallest absolute Gasteiger partial charge is 0.310 e. The van der Waals surface area contributed by atoms with Crippen LogP contribution < -0.4 is 0 Å². The first-order valence-corrected chi connectivity index (χ1v) is 6.44. The number of rotatable bonds is 3. The van der Waals surface area contributed by atoms with Crippen molar-refractivity contribution in [2.45, 2.75) is 30.9 Å². The van der Waals surface area contributed by atoms with Gasteiger partial charge in [0.25, 0.3) is 16.1 Å². The van der Waals surface area contributed by atoms with E-state index in [1.165, 1.54) is 7.11 Å². The Morgan fingerprint density at radius 1 is 1.38 bits per heavy atom. The maximum Gasteiger partial charge on any atom is 0.310 e. The number of carbonyl (C=O) groups is 1. The van der Waals surface area contributed by atoms with Gasteiger partial charge in [-0.3, -0.25) is 4.79 Å². The van der Waals surface area contributed by atoms with Crippen LogP contribution in [0.5, 0.6) is 0 Å². The quantitative estimate of drug-likeness (QED) is 0.408. The molecule has 1 aliphatic carbocycles. The van der Waals surface area contributed by atoms with Crippen molar-refractivity contribution in [3.63, 3.8) is 0 Å². The third-order valence-corrected chi connectivity index (χ3v) is 4.41. The van der Waals surface area contributed by atoms with Crippen molar-refractivity contribution in [3.05, 3.63) is 0 Å². The number of methoxy groups -OCH3 is 1. The predicted molar refractivity (Wildman–Crippen MR) is 54.8 cm³/mol. The third kappa shape index (κ3) is 2.68. The third-order valence-electron chi connectivity index (χ3n) is 2.75. The molecule has 1 saturated carbocycles. The van der Waals surface area contributed by atoms with Gasteiger partial charge in [-0.1, -0.05) is 17.2 Å². The molecule has 1 fully saturated rings. The first-order chi connectivity index (χ1) is 7.53. The minimum atomic E-state index is -3.94. The highest BCUT2D eigenvalue weighted by Crippen LogP contribution is 2.31. The molecule has 6 nitrogen and oxygen atoms in total. The topological polar surface area (TPSA) is 89.9 Å². The lowest BCUT2D eigenvalue weighted by Gasteiger charge is -2.26. The second kappa shape index (κ2) is 5.23. The first-order valence-electron chi connectivity index (χ1n) is 4.93. The van der Waals surface area contributed by atoms with Gasteiger partial charge in [-0.05, 0) is 12.8 Å². The van der Waals surface area contributed by atoms with Gasteiger partial charge in [0.2, 0.25) is 0 Å². The second-order valence-corrected chi connectivity index (χ2v) is 5.47. The lowest BCUT2D eigenvalue weighted by atomic mass is 9.89. The van der Waals surface area contributed by atoms with E-state index in [0.717, 1.165) is 12.5 Å². The maximum atomic E-state index is 11.6. The molecule has 1 aliphatic rings. The van der Waals surface area contributed by atoms with Crippen molar-refractivity contribution in [2.75, 3.05) is 7.11 Å². The van der Waals surface area contributed by atoms with E-state index in [0.29, 0.717) is 19.3 Å². The molecule has 0 heterocycles. The molecular weight excluding hydrogens is 234 g/mol. The van der Waals surface area contributed by atoms with Crippen LogP contribution in [-0.4, -0.2) is 32.8 Å². The van der Waals surface area contributed by atoms with Crippen LogP contribution in [0.15, 0.2) is 4.40 Å². The summed E-state index contributed by atoms with van der Waals surface area (Å²) in [7, 11) is -2.73. The van der Waals surface area contributed by atoms with Crippen LogP contribution in [0, 0.1) is 5.92 Å². The van der Waals surface area contributed by atoms with Gasteiger partial charge in [0, 0.05) is 0 Å². The molecule has 0 radical (unpaired) electrons. The summed E-state index contributed by atoms with van der Waals surface area (Å²) in [6.45, 7) is 0. The predicted octanol–water partition coefficient (Wildman–Crippen LogP) is 0.384. The van der Waals surface area contributed by atoms with Gasteiger partial charge in [0.15, 0.2) is 0 Å². The van der Waals surface area contributed by atoms with Crippen LogP contribution in [0.1, 0.15) is 25.7 Å². The summed E-state index contributed by atoms with van der Waals surface area (Å²) in [6, 6.07) is 0. The van der Waals surface area contributed by atoms with Crippen molar-refractivity contribution >= 4 is 22.1 Å². The molecule has 0 saturated heterocycles. The van der Waals surface area contributed by atoms with Crippen molar-refractivity contribution in [3.8, 4) is 0 Å². The van der Waals surface area contributed by atoms with E-state index in [-0.39, 0.29) is 0 Å². The number of nitrogens with zero attached hydrogens (tertiary/aromatic N) is 1. The molecule has 0 bridgehead atoms. The Labute approximate surface area is 93.7 Å². The minimum Gasteiger partial charge on any atom is -0.469 e. The molecule has 0 amide bonds. The molecular formula is C9H13NO5S. The number of ether oxygens (including phenoxy) is 1. The van der Waals surface area contributed by atoms with Crippen LogP contribution in [-0.2, 0) is 24.3 Å². The number of isocyanates is 1. The van der Waals surface area contributed by atoms with Crippen LogP contribution in [0.3, 0.4) is 0 Å². The Kier molecular flexibility index (Phi) is 4.20. The SMILES string of the molecule is COC(=O)C1CCCCC1S(=O)(=O)N=C=O. The molecule has 0 aliphatic heterocycles. The Bertz CT molecular complexity index is 410. The summed E-state index contributed by atoms with van der Waals surface area (Å²) in [6.07, 6.45) is 3.27. The van der Waals surface area contributed by atoms with Gasteiger partial charge in [0.05, 0.1) is 18.3 Å². The number of hydrogen-bond acceptors (Lipinski definition) is 5. The highest BCUT2D eigenvalue weighted by atomic mass is 32.2. The maximum absolute atomic E-state index is 11.6. The number of sulfonamides is 1. The highest BCUT2D eigenvalue weighted by Gasteiger charge is 2.40. The normalized spacial score (nSPS) is 25.6. The van der Waals surface area contributed by atoms with Crippen molar-refractivity contribution < 1.29 is 22.7 Å². The zero-order valence-electron chi connectivity index (χ0n) is 8.88. The van der Waals surface area contributed by atoms with Gasteiger partial charge in [-0.2, -0.15) is 0 Å². The summed E-state index contributed by atoms with van der Waals surface area (Å²) in [5.74, 6) is -1.28. The molecule has 0 aromatic carbocycles. The van der Waals surface area contributed by atoms with E-state index in [1.54, 1.807) is 0 Å². The Morgan fingerprint density at radius 2 is 2.00 bits per heavy atom. The number of hydrogen-bond donors (Lipinski definition) is 0. The zero-order chi connectivity index (χ0) is 12.2. The summed E-state index contributed by atoms with van der Waals surface area (Å²) >= 11 is 0. The molecule has 1 rings (SSSR count). The van der Waals surface area contributed by atoms with E-state index in [9.17, 15) is 18.0 Å². The van der Waals surface area contributed by atoms with Gasteiger partial charge in [-0.25, -0.2) is 13.2 Å². The Morgan fingerprint density at radius 3 is 2.56 bits per heavy atom. The molecule has 7 heteroatoms. The largest absolute Gasteiger partial charge is 0.469 e. The van der Waals surface area contributed by atoms with Crippen molar-refractivity contribution in [1.82, 2.24) is 0 Å². The van der Waals surface area contributed by atoms with Gasteiger partial charge in [-0.15, -0.1) is 0 Å². The van der Waals surface area contributed by atoms with E-state index >= 15 is 0 Å². The molecule has 90 valence electrons. The molecule has 0 aromatic rings. The highest BCUT2D eigenvalue weighted by molar-refractivity contribution is 7.90. The summed E-state index contributed by atoms with van der Waals surface area (Å²) < 4.78 is 30.5. The number of carbonyl (C=O) groups excluding carboxylic acids is 2. The van der Waals surface area contributed by atoms with Crippen LogP contribution >= 0.6 is 0 Å². The summed E-state index contributed by atoms with van der Waals surface area (Å²) in [5, 5.41) is -0.949. The minimum absolute atomic E-state index is 0.327. The fraction of sp³-hybridized carbons (Fsp3) is 0.778. The standard InChI is InChI=1S/C9H13NO5S/c1-15-9(12)7-4-2-3-5-8(7)16(13,14)10-6-11/h7-8H,2-5H2,1H3. The molecule has 0 spiro atoms.